The number of nitrogens with zero attached hydrogens (tertiary/aromatic N) is 2. The van der Waals surface area contributed by atoms with Gasteiger partial charge in [-0.2, -0.15) is 5.10 Å². The Morgan fingerprint density at radius 2 is 2.14 bits per heavy atom. The zero-order chi connectivity index (χ0) is 15.5. The van der Waals surface area contributed by atoms with E-state index < -0.39 is 10.0 Å². The highest BCUT2D eigenvalue weighted by molar-refractivity contribution is 7.89. The molecule has 0 atom stereocenters. The Hall–Kier alpha value is -1.22. The predicted molar refractivity (Wildman–Crippen MR) is 83.7 cm³/mol. The first-order valence-electron chi connectivity index (χ1n) is 6.69. The van der Waals surface area contributed by atoms with Crippen LogP contribution in [-0.4, -0.2) is 24.7 Å². The van der Waals surface area contributed by atoms with Crippen molar-refractivity contribution in [2.75, 3.05) is 6.54 Å². The summed E-state index contributed by atoms with van der Waals surface area (Å²) in [6.07, 6.45) is 1.68. The molecule has 0 amide bonds. The maximum absolute atomic E-state index is 12.3. The van der Waals surface area contributed by atoms with E-state index in [0.717, 1.165) is 22.7 Å². The van der Waals surface area contributed by atoms with Gasteiger partial charge in [0.2, 0.25) is 10.0 Å². The normalized spacial score (nSPS) is 12.0. The van der Waals surface area contributed by atoms with Gasteiger partial charge in [-0.15, -0.1) is 11.3 Å². The van der Waals surface area contributed by atoms with E-state index in [0.29, 0.717) is 11.4 Å². The smallest absolute Gasteiger partial charge is 0.241 e. The van der Waals surface area contributed by atoms with Crippen molar-refractivity contribution in [2.45, 2.75) is 31.8 Å². The summed E-state index contributed by atoms with van der Waals surface area (Å²) in [4.78, 5) is 1.33. The Labute approximate surface area is 129 Å². The lowest BCUT2D eigenvalue weighted by atomic mass is 10.3. The number of aromatic nitrogens is 2. The van der Waals surface area contributed by atoms with Crippen molar-refractivity contribution in [3.8, 4) is 0 Å². The van der Waals surface area contributed by atoms with Crippen LogP contribution in [0.25, 0.3) is 0 Å². The Morgan fingerprint density at radius 3 is 2.76 bits per heavy atom. The number of thiophene rings is 1. The van der Waals surface area contributed by atoms with E-state index in [1.54, 1.807) is 22.3 Å². The second-order valence-electron chi connectivity index (χ2n) is 4.73. The van der Waals surface area contributed by atoms with Crippen LogP contribution in [0.2, 0.25) is 0 Å². The molecule has 2 aromatic heterocycles. The van der Waals surface area contributed by atoms with Crippen molar-refractivity contribution in [2.24, 2.45) is 7.05 Å². The molecule has 2 heterocycles. The quantitative estimate of drug-likeness (QED) is 0.805. The van der Waals surface area contributed by atoms with Crippen molar-refractivity contribution < 1.29 is 8.42 Å². The Morgan fingerprint density at radius 1 is 1.38 bits per heavy atom. The Kier molecular flexibility index (Phi) is 5.15. The minimum absolute atomic E-state index is 0.250. The van der Waals surface area contributed by atoms with Crippen LogP contribution in [0.4, 0.5) is 0 Å². The summed E-state index contributed by atoms with van der Waals surface area (Å²) in [7, 11) is -1.64. The van der Waals surface area contributed by atoms with E-state index in [1.165, 1.54) is 11.3 Å². The molecule has 0 bridgehead atoms. The SMILES string of the molecule is CCNCc1cc(S(=O)(=O)NCc2cnn(C)c2C)cs1. The fourth-order valence-electron chi connectivity index (χ4n) is 1.82. The first-order valence-corrected chi connectivity index (χ1v) is 9.05. The second-order valence-corrected chi connectivity index (χ2v) is 7.50. The van der Waals surface area contributed by atoms with Gasteiger partial charge >= 0.3 is 0 Å². The zero-order valence-electron chi connectivity index (χ0n) is 12.4. The van der Waals surface area contributed by atoms with Gasteiger partial charge in [-0.3, -0.25) is 4.68 Å². The summed E-state index contributed by atoms with van der Waals surface area (Å²) < 4.78 is 28.9. The molecule has 2 N–H and O–H groups in total. The zero-order valence-corrected chi connectivity index (χ0v) is 14.0. The first-order chi connectivity index (χ1) is 9.94. The van der Waals surface area contributed by atoms with Crippen LogP contribution < -0.4 is 10.0 Å². The molecular formula is C13H20N4O2S2. The highest BCUT2D eigenvalue weighted by Gasteiger charge is 2.17. The number of sulfonamides is 1. The Bertz CT molecular complexity index is 704. The van der Waals surface area contributed by atoms with E-state index in [1.807, 2.05) is 20.9 Å². The van der Waals surface area contributed by atoms with Gasteiger partial charge in [0, 0.05) is 41.7 Å². The van der Waals surface area contributed by atoms with Crippen LogP contribution in [0, 0.1) is 6.92 Å². The topological polar surface area (TPSA) is 76.0 Å². The summed E-state index contributed by atoms with van der Waals surface area (Å²) in [6.45, 7) is 5.73. The highest BCUT2D eigenvalue weighted by Crippen LogP contribution is 2.19. The second kappa shape index (κ2) is 6.69. The van der Waals surface area contributed by atoms with Crippen molar-refractivity contribution in [3.63, 3.8) is 0 Å². The molecule has 0 unspecified atom stereocenters. The van der Waals surface area contributed by atoms with Crippen LogP contribution in [0.5, 0.6) is 0 Å². The lowest BCUT2D eigenvalue weighted by Gasteiger charge is -2.04. The van der Waals surface area contributed by atoms with Gasteiger partial charge in [0.1, 0.15) is 0 Å². The largest absolute Gasteiger partial charge is 0.312 e. The van der Waals surface area contributed by atoms with Crippen LogP contribution in [0.3, 0.4) is 0 Å². The maximum Gasteiger partial charge on any atom is 0.241 e. The number of hydrogen-bond acceptors (Lipinski definition) is 5. The summed E-state index contributed by atoms with van der Waals surface area (Å²) >= 11 is 1.45. The molecule has 0 aliphatic heterocycles. The molecule has 8 heteroatoms. The predicted octanol–water partition coefficient (Wildman–Crippen LogP) is 1.38. The fraction of sp³-hybridized carbons (Fsp3) is 0.462. The minimum Gasteiger partial charge on any atom is -0.312 e. The molecule has 0 aromatic carbocycles. The van der Waals surface area contributed by atoms with E-state index in [9.17, 15) is 8.42 Å². The van der Waals surface area contributed by atoms with E-state index in [-0.39, 0.29) is 6.54 Å². The molecule has 2 rings (SSSR count). The van der Waals surface area contributed by atoms with Crippen molar-refractivity contribution >= 4 is 21.4 Å². The van der Waals surface area contributed by atoms with Crippen LogP contribution >= 0.6 is 11.3 Å². The van der Waals surface area contributed by atoms with E-state index >= 15 is 0 Å². The maximum atomic E-state index is 12.3. The molecule has 116 valence electrons. The van der Waals surface area contributed by atoms with Gasteiger partial charge in [0.15, 0.2) is 0 Å². The summed E-state index contributed by atoms with van der Waals surface area (Å²) in [6, 6.07) is 1.71. The third-order valence-electron chi connectivity index (χ3n) is 3.28. The molecule has 21 heavy (non-hydrogen) atoms. The molecule has 0 aliphatic carbocycles. The van der Waals surface area contributed by atoms with E-state index in [4.69, 9.17) is 0 Å². The molecule has 0 saturated carbocycles. The number of hydrogen-bond donors (Lipinski definition) is 2. The molecule has 6 nitrogen and oxygen atoms in total. The molecule has 0 spiro atoms. The number of rotatable bonds is 7. The first kappa shape index (κ1) is 16.2. The van der Waals surface area contributed by atoms with Crippen LogP contribution in [-0.2, 0) is 30.2 Å². The van der Waals surface area contributed by atoms with Crippen LogP contribution in [0.15, 0.2) is 22.5 Å². The molecule has 0 aliphatic rings. The minimum atomic E-state index is -3.47. The third-order valence-corrected chi connectivity index (χ3v) is 5.75. The van der Waals surface area contributed by atoms with E-state index in [2.05, 4.69) is 15.1 Å². The van der Waals surface area contributed by atoms with Gasteiger partial charge in [0.25, 0.3) is 0 Å². The van der Waals surface area contributed by atoms with Gasteiger partial charge in [-0.1, -0.05) is 6.92 Å². The van der Waals surface area contributed by atoms with Crippen LogP contribution in [0.1, 0.15) is 23.1 Å². The van der Waals surface area contributed by atoms with Gasteiger partial charge in [0.05, 0.1) is 11.1 Å². The highest BCUT2D eigenvalue weighted by atomic mass is 32.2. The van der Waals surface area contributed by atoms with Crippen molar-refractivity contribution in [1.29, 1.82) is 0 Å². The molecule has 0 saturated heterocycles. The van der Waals surface area contributed by atoms with Gasteiger partial charge in [-0.05, 0) is 19.5 Å². The lowest BCUT2D eigenvalue weighted by Crippen LogP contribution is -2.23. The number of aryl methyl sites for hydroxylation is 1. The number of nitrogens with one attached hydrogen (secondary N) is 2. The average molecular weight is 328 g/mol. The average Bonchev–Trinajstić information content (AvgIpc) is 3.04. The van der Waals surface area contributed by atoms with Gasteiger partial charge < -0.3 is 5.32 Å². The molecule has 0 fully saturated rings. The lowest BCUT2D eigenvalue weighted by molar-refractivity contribution is 0.581. The summed E-state index contributed by atoms with van der Waals surface area (Å²) in [5.74, 6) is 0. The molecule has 2 aromatic rings. The summed E-state index contributed by atoms with van der Waals surface area (Å²) in [5, 5.41) is 8.96. The van der Waals surface area contributed by atoms with Crippen molar-refractivity contribution in [3.05, 3.63) is 33.8 Å². The third kappa shape index (κ3) is 3.91. The standard InChI is InChI=1S/C13H20N4O2S2/c1-4-14-8-12-5-13(9-20-12)21(18,19)16-7-11-6-15-17(3)10(11)2/h5-6,9,14,16H,4,7-8H2,1-3H3. The fourth-order valence-corrected chi connectivity index (χ4v) is 4.07. The summed E-state index contributed by atoms with van der Waals surface area (Å²) in [5.41, 5.74) is 1.83. The molecular weight excluding hydrogens is 308 g/mol. The monoisotopic (exact) mass is 328 g/mol. The molecule has 0 radical (unpaired) electrons. The Balaban J connectivity index is 2.04. The van der Waals surface area contributed by atoms with Gasteiger partial charge in [-0.25, -0.2) is 13.1 Å². The van der Waals surface area contributed by atoms with Crippen molar-refractivity contribution in [1.82, 2.24) is 19.8 Å².